The number of nitro groups is 1. The van der Waals surface area contributed by atoms with Gasteiger partial charge in [0.25, 0.3) is 10.9 Å². The maximum absolute atomic E-state index is 12.6. The number of nitro benzene ring substituents is 1. The Morgan fingerprint density at radius 3 is 2.48 bits per heavy atom. The maximum atomic E-state index is 12.6. The van der Waals surface area contributed by atoms with Gasteiger partial charge in [0.1, 0.15) is 0 Å². The first-order valence-electron chi connectivity index (χ1n) is 9.81. The number of hydrogen-bond acceptors (Lipinski definition) is 8. The van der Waals surface area contributed by atoms with Crippen molar-refractivity contribution in [2.45, 2.75) is 12.1 Å². The number of thioether (sulfide) groups is 1. The zero-order valence-corrected chi connectivity index (χ0v) is 17.7. The fourth-order valence-electron chi connectivity index (χ4n) is 3.40. The molecular formula is C21H21N5O4S. The molecule has 10 heteroatoms. The van der Waals surface area contributed by atoms with Crippen molar-refractivity contribution < 1.29 is 14.1 Å². The van der Waals surface area contributed by atoms with Gasteiger partial charge in [0.15, 0.2) is 0 Å². The summed E-state index contributed by atoms with van der Waals surface area (Å²) < 4.78 is 5.70. The molecule has 4 rings (SSSR count). The number of non-ortho nitro benzene ring substituents is 1. The first-order chi connectivity index (χ1) is 15.0. The van der Waals surface area contributed by atoms with Crippen LogP contribution in [-0.2, 0) is 4.79 Å². The highest BCUT2D eigenvalue weighted by atomic mass is 32.2. The van der Waals surface area contributed by atoms with Crippen LogP contribution in [0.5, 0.6) is 0 Å². The van der Waals surface area contributed by atoms with Gasteiger partial charge in [0.05, 0.1) is 10.7 Å². The van der Waals surface area contributed by atoms with Crippen LogP contribution in [0.25, 0.3) is 11.5 Å². The summed E-state index contributed by atoms with van der Waals surface area (Å²) >= 11 is 1.24. The smallest absolute Gasteiger partial charge is 0.277 e. The van der Waals surface area contributed by atoms with Gasteiger partial charge < -0.3 is 14.2 Å². The lowest BCUT2D eigenvalue weighted by Crippen LogP contribution is -2.49. The Labute approximate surface area is 183 Å². The zero-order valence-electron chi connectivity index (χ0n) is 16.9. The monoisotopic (exact) mass is 439 g/mol. The van der Waals surface area contributed by atoms with Gasteiger partial charge >= 0.3 is 0 Å². The Bertz CT molecular complexity index is 1080. The normalized spacial score (nSPS) is 14.0. The minimum Gasteiger partial charge on any atom is -0.411 e. The van der Waals surface area contributed by atoms with Gasteiger partial charge in [-0.15, -0.1) is 10.2 Å². The Morgan fingerprint density at radius 1 is 1.10 bits per heavy atom. The molecule has 1 amide bonds. The lowest BCUT2D eigenvalue weighted by molar-refractivity contribution is -0.384. The molecule has 3 aromatic rings. The van der Waals surface area contributed by atoms with Gasteiger partial charge in [-0.2, -0.15) is 0 Å². The minimum absolute atomic E-state index is 0.0176. The average Bonchev–Trinajstić information content (AvgIpc) is 3.27. The van der Waals surface area contributed by atoms with Gasteiger partial charge in [0.2, 0.25) is 11.8 Å². The molecule has 1 saturated heterocycles. The van der Waals surface area contributed by atoms with E-state index in [4.69, 9.17) is 4.42 Å². The molecule has 1 fully saturated rings. The number of nitrogens with zero attached hydrogens (tertiary/aromatic N) is 5. The van der Waals surface area contributed by atoms with Gasteiger partial charge in [-0.1, -0.05) is 30.0 Å². The van der Waals surface area contributed by atoms with Crippen molar-refractivity contribution in [3.05, 3.63) is 64.2 Å². The molecule has 1 aliphatic heterocycles. The molecule has 0 unspecified atom stereocenters. The summed E-state index contributed by atoms with van der Waals surface area (Å²) in [5.74, 6) is 0.696. The van der Waals surface area contributed by atoms with Gasteiger partial charge in [-0.25, -0.2) is 0 Å². The van der Waals surface area contributed by atoms with Gasteiger partial charge in [0, 0.05) is 49.6 Å². The van der Waals surface area contributed by atoms with Crippen molar-refractivity contribution in [1.29, 1.82) is 0 Å². The van der Waals surface area contributed by atoms with Crippen LogP contribution in [0.1, 0.15) is 5.56 Å². The van der Waals surface area contributed by atoms with Crippen LogP contribution >= 0.6 is 11.8 Å². The molecule has 0 saturated carbocycles. The van der Waals surface area contributed by atoms with Crippen molar-refractivity contribution >= 4 is 29.0 Å². The third-order valence-corrected chi connectivity index (χ3v) is 5.96. The number of hydrogen-bond donors (Lipinski definition) is 0. The molecule has 0 radical (unpaired) electrons. The Balaban J connectivity index is 1.28. The molecule has 1 aliphatic rings. The molecule has 2 aromatic carbocycles. The molecule has 31 heavy (non-hydrogen) atoms. The lowest BCUT2D eigenvalue weighted by atomic mass is 10.1. The molecular weight excluding hydrogens is 418 g/mol. The second kappa shape index (κ2) is 9.17. The summed E-state index contributed by atoms with van der Waals surface area (Å²) in [7, 11) is 0. The van der Waals surface area contributed by atoms with E-state index in [0.717, 1.165) is 16.8 Å². The van der Waals surface area contributed by atoms with Crippen LogP contribution in [0.2, 0.25) is 0 Å². The van der Waals surface area contributed by atoms with Crippen LogP contribution < -0.4 is 4.90 Å². The number of aryl methyl sites for hydroxylation is 1. The van der Waals surface area contributed by atoms with Crippen LogP contribution in [0.4, 0.5) is 11.4 Å². The van der Waals surface area contributed by atoms with E-state index in [1.165, 1.54) is 23.9 Å². The largest absolute Gasteiger partial charge is 0.411 e. The number of rotatable bonds is 6. The number of benzene rings is 2. The summed E-state index contributed by atoms with van der Waals surface area (Å²) in [6.45, 7) is 4.51. The molecule has 1 aromatic heterocycles. The molecule has 0 N–H and O–H groups in total. The van der Waals surface area contributed by atoms with Gasteiger partial charge in [-0.05, 0) is 30.7 Å². The van der Waals surface area contributed by atoms with Crippen LogP contribution in [0.3, 0.4) is 0 Å². The highest BCUT2D eigenvalue weighted by molar-refractivity contribution is 7.99. The molecule has 9 nitrogen and oxygen atoms in total. The van der Waals surface area contributed by atoms with Crippen molar-refractivity contribution in [2.24, 2.45) is 0 Å². The summed E-state index contributed by atoms with van der Waals surface area (Å²) in [6, 6.07) is 14.3. The minimum atomic E-state index is -0.411. The quantitative estimate of drug-likeness (QED) is 0.327. The number of anilines is 1. The standard InChI is InChI=1S/C21H21N5O4S/c1-15-4-2-3-5-18(15)20-22-23-21(30-20)31-14-19(27)25-12-10-24(11-13-25)16-6-8-17(9-7-16)26(28)29/h2-9H,10-14H2,1H3. The fourth-order valence-corrected chi connectivity index (χ4v) is 4.07. The third-order valence-electron chi connectivity index (χ3n) is 5.16. The molecule has 2 heterocycles. The van der Waals surface area contributed by atoms with E-state index >= 15 is 0 Å². The number of carbonyl (C=O) groups is 1. The Morgan fingerprint density at radius 2 is 1.81 bits per heavy atom. The maximum Gasteiger partial charge on any atom is 0.277 e. The van der Waals surface area contributed by atoms with Crippen molar-refractivity contribution in [3.63, 3.8) is 0 Å². The van der Waals surface area contributed by atoms with E-state index in [1.54, 1.807) is 12.1 Å². The van der Waals surface area contributed by atoms with Crippen molar-refractivity contribution in [2.75, 3.05) is 36.8 Å². The van der Waals surface area contributed by atoms with E-state index in [-0.39, 0.29) is 17.3 Å². The summed E-state index contributed by atoms with van der Waals surface area (Å²) in [5.41, 5.74) is 2.92. The topological polar surface area (TPSA) is 106 Å². The second-order valence-electron chi connectivity index (χ2n) is 7.12. The number of aromatic nitrogens is 2. The number of amides is 1. The molecule has 160 valence electrons. The predicted octanol–water partition coefficient (Wildman–Crippen LogP) is 3.39. The second-order valence-corrected chi connectivity index (χ2v) is 8.04. The summed E-state index contributed by atoms with van der Waals surface area (Å²) in [4.78, 5) is 26.9. The van der Waals surface area contributed by atoms with E-state index < -0.39 is 4.92 Å². The highest BCUT2D eigenvalue weighted by Crippen LogP contribution is 2.26. The first-order valence-corrected chi connectivity index (χ1v) is 10.8. The summed E-state index contributed by atoms with van der Waals surface area (Å²) in [5, 5.41) is 19.3. The number of carbonyl (C=O) groups excluding carboxylic acids is 1. The SMILES string of the molecule is Cc1ccccc1-c1nnc(SCC(=O)N2CCN(c3ccc([N+](=O)[O-])cc3)CC2)o1. The lowest BCUT2D eigenvalue weighted by Gasteiger charge is -2.36. The van der Waals surface area contributed by atoms with Crippen molar-refractivity contribution in [1.82, 2.24) is 15.1 Å². The zero-order chi connectivity index (χ0) is 21.8. The highest BCUT2D eigenvalue weighted by Gasteiger charge is 2.22. The third kappa shape index (κ3) is 4.85. The van der Waals surface area contributed by atoms with E-state index in [2.05, 4.69) is 15.1 Å². The van der Waals surface area contributed by atoms with Crippen LogP contribution in [0.15, 0.2) is 58.2 Å². The Hall–Kier alpha value is -3.40. The average molecular weight is 439 g/mol. The predicted molar refractivity (Wildman–Crippen MR) is 117 cm³/mol. The van der Waals surface area contributed by atoms with Gasteiger partial charge in [-0.3, -0.25) is 14.9 Å². The number of piperazine rings is 1. The molecule has 0 atom stereocenters. The first kappa shape index (κ1) is 20.9. The fraction of sp³-hybridized carbons (Fsp3) is 0.286. The van der Waals surface area contributed by atoms with E-state index in [1.807, 2.05) is 36.1 Å². The summed E-state index contributed by atoms with van der Waals surface area (Å²) in [6.07, 6.45) is 0. The van der Waals surface area contributed by atoms with Crippen LogP contribution in [-0.4, -0.2) is 57.9 Å². The Kier molecular flexibility index (Phi) is 6.17. The molecule has 0 spiro atoms. The van der Waals surface area contributed by atoms with Crippen molar-refractivity contribution in [3.8, 4) is 11.5 Å². The molecule has 0 bridgehead atoms. The van der Waals surface area contributed by atoms with E-state index in [0.29, 0.717) is 37.3 Å². The van der Waals surface area contributed by atoms with E-state index in [9.17, 15) is 14.9 Å². The van der Waals surface area contributed by atoms with Crippen LogP contribution in [0, 0.1) is 17.0 Å². The molecule has 0 aliphatic carbocycles.